The van der Waals surface area contributed by atoms with Crippen LogP contribution in [0.2, 0.25) is 5.02 Å². The van der Waals surface area contributed by atoms with E-state index in [1.54, 1.807) is 24.5 Å². The minimum absolute atomic E-state index is 0.694. The molecule has 1 aromatic heterocycles. The summed E-state index contributed by atoms with van der Waals surface area (Å²) >= 11 is 11.9. The molecular formula is C9H7ClOS2. The minimum atomic E-state index is 0.694. The standard InChI is InChI=1S/C9H7ClOS2/c1-11-6-2-5(10)3-8-9(6)7(12)4-13-8/h2-4,12H,1H3. The highest BCUT2D eigenvalue weighted by Crippen LogP contribution is 2.38. The highest BCUT2D eigenvalue weighted by atomic mass is 35.5. The fourth-order valence-electron chi connectivity index (χ4n) is 1.24. The van der Waals surface area contributed by atoms with Crippen LogP contribution in [-0.4, -0.2) is 7.11 Å². The quantitative estimate of drug-likeness (QED) is 0.733. The molecule has 1 heterocycles. The van der Waals surface area contributed by atoms with Crippen molar-refractivity contribution in [1.29, 1.82) is 0 Å². The van der Waals surface area contributed by atoms with Gasteiger partial charge in [0.1, 0.15) is 5.75 Å². The lowest BCUT2D eigenvalue weighted by Gasteiger charge is -2.02. The Labute approximate surface area is 90.7 Å². The molecule has 68 valence electrons. The van der Waals surface area contributed by atoms with Gasteiger partial charge in [0.05, 0.1) is 7.11 Å². The third-order valence-electron chi connectivity index (χ3n) is 1.80. The Balaban J connectivity index is 2.85. The van der Waals surface area contributed by atoms with E-state index in [1.807, 2.05) is 11.4 Å². The van der Waals surface area contributed by atoms with Gasteiger partial charge in [-0.1, -0.05) is 11.6 Å². The Bertz CT molecular complexity index is 450. The molecule has 0 radical (unpaired) electrons. The molecule has 0 aliphatic heterocycles. The van der Waals surface area contributed by atoms with Gasteiger partial charge in [0, 0.05) is 25.4 Å². The van der Waals surface area contributed by atoms with Crippen molar-refractivity contribution < 1.29 is 4.74 Å². The molecule has 0 fully saturated rings. The number of rotatable bonds is 1. The number of ether oxygens (including phenoxy) is 1. The van der Waals surface area contributed by atoms with Crippen LogP contribution in [0.5, 0.6) is 5.75 Å². The summed E-state index contributed by atoms with van der Waals surface area (Å²) in [5, 5.41) is 3.71. The van der Waals surface area contributed by atoms with Crippen molar-refractivity contribution in [1.82, 2.24) is 0 Å². The van der Waals surface area contributed by atoms with E-state index >= 15 is 0 Å². The Morgan fingerprint density at radius 1 is 1.46 bits per heavy atom. The molecule has 0 aliphatic carbocycles. The first kappa shape index (κ1) is 9.19. The molecule has 2 aromatic rings. The largest absolute Gasteiger partial charge is 0.496 e. The molecule has 13 heavy (non-hydrogen) atoms. The number of hydrogen-bond donors (Lipinski definition) is 1. The molecular weight excluding hydrogens is 224 g/mol. The van der Waals surface area contributed by atoms with Gasteiger partial charge in [-0.15, -0.1) is 24.0 Å². The summed E-state index contributed by atoms with van der Waals surface area (Å²) in [7, 11) is 1.63. The number of benzene rings is 1. The zero-order valence-electron chi connectivity index (χ0n) is 6.87. The first-order chi connectivity index (χ1) is 6.22. The predicted molar refractivity (Wildman–Crippen MR) is 60.6 cm³/mol. The molecule has 0 aliphatic rings. The van der Waals surface area contributed by atoms with E-state index in [0.717, 1.165) is 20.7 Å². The first-order valence-electron chi connectivity index (χ1n) is 3.66. The fraction of sp³-hybridized carbons (Fsp3) is 0.111. The molecule has 1 nitrogen and oxygen atoms in total. The Kier molecular flexibility index (Phi) is 2.41. The molecule has 0 spiro atoms. The van der Waals surface area contributed by atoms with Crippen molar-refractivity contribution >= 4 is 45.7 Å². The average Bonchev–Trinajstić information content (AvgIpc) is 2.46. The van der Waals surface area contributed by atoms with Gasteiger partial charge in [0.25, 0.3) is 0 Å². The molecule has 0 N–H and O–H groups in total. The fourth-order valence-corrected chi connectivity index (χ4v) is 2.86. The van der Waals surface area contributed by atoms with Crippen LogP contribution in [-0.2, 0) is 0 Å². The molecule has 0 atom stereocenters. The van der Waals surface area contributed by atoms with Crippen LogP contribution in [0.25, 0.3) is 10.1 Å². The van der Waals surface area contributed by atoms with E-state index in [4.69, 9.17) is 16.3 Å². The van der Waals surface area contributed by atoms with Crippen LogP contribution >= 0.6 is 35.6 Å². The van der Waals surface area contributed by atoms with E-state index in [-0.39, 0.29) is 0 Å². The van der Waals surface area contributed by atoms with Gasteiger partial charge in [0.15, 0.2) is 0 Å². The maximum atomic E-state index is 5.91. The van der Waals surface area contributed by atoms with E-state index in [0.29, 0.717) is 5.02 Å². The highest BCUT2D eigenvalue weighted by Gasteiger charge is 2.08. The van der Waals surface area contributed by atoms with Gasteiger partial charge in [-0.3, -0.25) is 0 Å². The maximum Gasteiger partial charge on any atom is 0.130 e. The molecule has 0 bridgehead atoms. The van der Waals surface area contributed by atoms with Crippen molar-refractivity contribution in [2.24, 2.45) is 0 Å². The van der Waals surface area contributed by atoms with E-state index < -0.39 is 0 Å². The summed E-state index contributed by atoms with van der Waals surface area (Å²) in [6, 6.07) is 3.72. The second-order valence-corrected chi connectivity index (χ2v) is 4.43. The Hall–Kier alpha value is -0.380. The molecule has 0 saturated carbocycles. The number of fused-ring (bicyclic) bond motifs is 1. The van der Waals surface area contributed by atoms with Crippen molar-refractivity contribution in [3.05, 3.63) is 22.5 Å². The Morgan fingerprint density at radius 2 is 2.23 bits per heavy atom. The number of halogens is 1. The van der Waals surface area contributed by atoms with Gasteiger partial charge in [0.2, 0.25) is 0 Å². The topological polar surface area (TPSA) is 9.23 Å². The van der Waals surface area contributed by atoms with Crippen molar-refractivity contribution in [2.45, 2.75) is 4.90 Å². The minimum Gasteiger partial charge on any atom is -0.496 e. The lowest BCUT2D eigenvalue weighted by atomic mass is 10.2. The van der Waals surface area contributed by atoms with Gasteiger partial charge in [-0.05, 0) is 12.1 Å². The van der Waals surface area contributed by atoms with E-state index in [1.165, 1.54) is 0 Å². The average molecular weight is 231 g/mol. The van der Waals surface area contributed by atoms with Crippen LogP contribution in [0, 0.1) is 0 Å². The van der Waals surface area contributed by atoms with Crippen LogP contribution in [0.3, 0.4) is 0 Å². The molecule has 4 heteroatoms. The lowest BCUT2D eigenvalue weighted by Crippen LogP contribution is -1.83. The van der Waals surface area contributed by atoms with Crippen LogP contribution in [0.1, 0.15) is 0 Å². The van der Waals surface area contributed by atoms with Gasteiger partial charge in [-0.2, -0.15) is 0 Å². The molecule has 0 amide bonds. The summed E-state index contributed by atoms with van der Waals surface area (Å²) < 4.78 is 6.33. The zero-order valence-corrected chi connectivity index (χ0v) is 9.34. The van der Waals surface area contributed by atoms with Gasteiger partial charge in [-0.25, -0.2) is 0 Å². The smallest absolute Gasteiger partial charge is 0.130 e. The SMILES string of the molecule is COc1cc(Cl)cc2scc(S)c12. The summed E-state index contributed by atoms with van der Waals surface area (Å²) in [6.45, 7) is 0. The Morgan fingerprint density at radius 3 is 2.92 bits per heavy atom. The third-order valence-corrected chi connectivity index (χ3v) is 3.48. The number of hydrogen-bond acceptors (Lipinski definition) is 3. The molecule has 2 rings (SSSR count). The second kappa shape index (κ2) is 3.40. The summed E-state index contributed by atoms with van der Waals surface area (Å²) in [5.74, 6) is 0.786. The van der Waals surface area contributed by atoms with Gasteiger partial charge >= 0.3 is 0 Å². The van der Waals surface area contributed by atoms with E-state index in [2.05, 4.69) is 12.6 Å². The van der Waals surface area contributed by atoms with Crippen molar-refractivity contribution in [3.63, 3.8) is 0 Å². The normalized spacial score (nSPS) is 10.7. The number of methoxy groups -OCH3 is 1. The second-order valence-electron chi connectivity index (χ2n) is 2.60. The summed E-state index contributed by atoms with van der Waals surface area (Å²) in [5.41, 5.74) is 0. The molecule has 1 aromatic carbocycles. The van der Waals surface area contributed by atoms with Crippen LogP contribution in [0.15, 0.2) is 22.4 Å². The summed E-state index contributed by atoms with van der Waals surface area (Å²) in [4.78, 5) is 0.938. The highest BCUT2D eigenvalue weighted by molar-refractivity contribution is 7.80. The number of thiophene rings is 1. The predicted octanol–water partition coefficient (Wildman–Crippen LogP) is 3.85. The van der Waals surface area contributed by atoms with Crippen LogP contribution in [0.4, 0.5) is 0 Å². The monoisotopic (exact) mass is 230 g/mol. The molecule has 0 saturated heterocycles. The van der Waals surface area contributed by atoms with Crippen molar-refractivity contribution in [2.75, 3.05) is 7.11 Å². The first-order valence-corrected chi connectivity index (χ1v) is 5.36. The zero-order chi connectivity index (χ0) is 9.42. The van der Waals surface area contributed by atoms with Gasteiger partial charge < -0.3 is 4.74 Å². The third kappa shape index (κ3) is 1.52. The van der Waals surface area contributed by atoms with Crippen molar-refractivity contribution in [3.8, 4) is 5.75 Å². The van der Waals surface area contributed by atoms with E-state index in [9.17, 15) is 0 Å². The lowest BCUT2D eigenvalue weighted by molar-refractivity contribution is 0.419. The van der Waals surface area contributed by atoms with Crippen LogP contribution < -0.4 is 4.74 Å². The molecule has 0 unspecified atom stereocenters. The maximum absolute atomic E-state index is 5.91. The summed E-state index contributed by atoms with van der Waals surface area (Å²) in [6.07, 6.45) is 0. The number of thiol groups is 1.